The van der Waals surface area contributed by atoms with Crippen LogP contribution in [0.1, 0.15) is 18.1 Å². The smallest absolute Gasteiger partial charge is 0.210 e. The summed E-state index contributed by atoms with van der Waals surface area (Å²) in [4.78, 5) is 12.5. The molecule has 4 nitrogen and oxygen atoms in total. The van der Waals surface area contributed by atoms with Crippen LogP contribution in [-0.4, -0.2) is 31.6 Å². The maximum absolute atomic E-state index is 10.8. The van der Waals surface area contributed by atoms with E-state index in [0.717, 1.165) is 36.4 Å². The molecule has 0 spiro atoms. The van der Waals surface area contributed by atoms with Crippen LogP contribution in [0.3, 0.4) is 0 Å². The molecule has 1 aromatic carbocycles. The molecule has 0 bridgehead atoms. The molecule has 92 valence electrons. The van der Waals surface area contributed by atoms with E-state index in [1.54, 1.807) is 12.0 Å². The highest BCUT2D eigenvalue weighted by atomic mass is 16.5. The van der Waals surface area contributed by atoms with Gasteiger partial charge < -0.3 is 14.4 Å². The van der Waals surface area contributed by atoms with Crippen molar-refractivity contribution in [3.05, 3.63) is 23.3 Å². The van der Waals surface area contributed by atoms with E-state index in [4.69, 9.17) is 9.47 Å². The summed E-state index contributed by atoms with van der Waals surface area (Å²) in [5.41, 5.74) is 2.39. The van der Waals surface area contributed by atoms with Gasteiger partial charge in [-0.3, -0.25) is 4.79 Å². The van der Waals surface area contributed by atoms with Gasteiger partial charge in [0, 0.05) is 13.1 Å². The molecule has 0 fully saturated rings. The molecule has 0 atom stereocenters. The highest BCUT2D eigenvalue weighted by molar-refractivity contribution is 5.52. The minimum Gasteiger partial charge on any atom is -0.493 e. The molecule has 0 saturated heterocycles. The molecule has 1 heterocycles. The first kappa shape index (κ1) is 11.8. The first-order valence-electron chi connectivity index (χ1n) is 5.80. The number of fused-ring (bicyclic) bond motifs is 1. The summed E-state index contributed by atoms with van der Waals surface area (Å²) in [5.74, 6) is 1.52. The fourth-order valence-corrected chi connectivity index (χ4v) is 2.10. The van der Waals surface area contributed by atoms with Gasteiger partial charge in [-0.2, -0.15) is 0 Å². The average molecular weight is 235 g/mol. The maximum atomic E-state index is 10.8. The number of carbonyl (C=O) groups is 1. The van der Waals surface area contributed by atoms with Gasteiger partial charge in [0.2, 0.25) is 6.41 Å². The molecule has 0 aliphatic carbocycles. The number of amides is 1. The Morgan fingerprint density at radius 1 is 1.35 bits per heavy atom. The third-order valence-electron chi connectivity index (χ3n) is 2.98. The van der Waals surface area contributed by atoms with Gasteiger partial charge in [-0.05, 0) is 36.6 Å². The number of benzene rings is 1. The molecule has 0 radical (unpaired) electrons. The standard InChI is InChI=1S/C13H17NO3/c1-3-17-13-6-10-4-5-14(9-15)8-11(10)7-12(13)16-2/h6-7,9H,3-5,8H2,1-2H3. The van der Waals surface area contributed by atoms with Crippen LogP contribution < -0.4 is 9.47 Å². The van der Waals surface area contributed by atoms with Crippen LogP contribution in [0.15, 0.2) is 12.1 Å². The van der Waals surface area contributed by atoms with Crippen molar-refractivity contribution >= 4 is 6.41 Å². The summed E-state index contributed by atoms with van der Waals surface area (Å²) in [7, 11) is 1.63. The molecule has 17 heavy (non-hydrogen) atoms. The van der Waals surface area contributed by atoms with E-state index in [1.165, 1.54) is 5.56 Å². The lowest BCUT2D eigenvalue weighted by Gasteiger charge is -2.26. The number of hydrogen-bond donors (Lipinski definition) is 0. The van der Waals surface area contributed by atoms with Crippen LogP contribution in [0.5, 0.6) is 11.5 Å². The van der Waals surface area contributed by atoms with E-state index >= 15 is 0 Å². The van der Waals surface area contributed by atoms with Crippen molar-refractivity contribution in [2.24, 2.45) is 0 Å². The van der Waals surface area contributed by atoms with Crippen molar-refractivity contribution in [1.29, 1.82) is 0 Å². The zero-order valence-corrected chi connectivity index (χ0v) is 10.2. The molecule has 0 N–H and O–H groups in total. The number of rotatable bonds is 4. The third-order valence-corrected chi connectivity index (χ3v) is 2.98. The van der Waals surface area contributed by atoms with Gasteiger partial charge in [-0.25, -0.2) is 0 Å². The van der Waals surface area contributed by atoms with Crippen molar-refractivity contribution in [3.8, 4) is 11.5 Å². The Morgan fingerprint density at radius 3 is 2.76 bits per heavy atom. The number of nitrogens with zero attached hydrogens (tertiary/aromatic N) is 1. The number of hydrogen-bond acceptors (Lipinski definition) is 3. The van der Waals surface area contributed by atoms with Gasteiger partial charge in [0.05, 0.1) is 13.7 Å². The average Bonchev–Trinajstić information content (AvgIpc) is 2.37. The molecule has 1 amide bonds. The topological polar surface area (TPSA) is 38.8 Å². The van der Waals surface area contributed by atoms with Crippen molar-refractivity contribution in [1.82, 2.24) is 4.90 Å². The van der Waals surface area contributed by atoms with E-state index in [1.807, 2.05) is 19.1 Å². The molecule has 1 aliphatic rings. The van der Waals surface area contributed by atoms with E-state index in [2.05, 4.69) is 0 Å². The molecule has 1 aromatic rings. The quantitative estimate of drug-likeness (QED) is 0.744. The van der Waals surface area contributed by atoms with Crippen LogP contribution >= 0.6 is 0 Å². The largest absolute Gasteiger partial charge is 0.493 e. The zero-order chi connectivity index (χ0) is 12.3. The Labute approximate surface area is 101 Å². The number of ether oxygens (including phenoxy) is 2. The summed E-state index contributed by atoms with van der Waals surface area (Å²) < 4.78 is 10.8. The lowest BCUT2D eigenvalue weighted by molar-refractivity contribution is -0.118. The van der Waals surface area contributed by atoms with Gasteiger partial charge in [0.1, 0.15) is 0 Å². The van der Waals surface area contributed by atoms with Crippen molar-refractivity contribution in [3.63, 3.8) is 0 Å². The Morgan fingerprint density at radius 2 is 2.12 bits per heavy atom. The second-order valence-electron chi connectivity index (χ2n) is 4.03. The van der Waals surface area contributed by atoms with Crippen molar-refractivity contribution in [2.45, 2.75) is 19.9 Å². The maximum Gasteiger partial charge on any atom is 0.210 e. The normalized spacial score (nSPS) is 14.1. The van der Waals surface area contributed by atoms with Gasteiger partial charge in [0.15, 0.2) is 11.5 Å². The Hall–Kier alpha value is -1.71. The fraction of sp³-hybridized carbons (Fsp3) is 0.462. The fourth-order valence-electron chi connectivity index (χ4n) is 2.10. The molecule has 1 aliphatic heterocycles. The lowest BCUT2D eigenvalue weighted by Crippen LogP contribution is -2.29. The predicted octanol–water partition coefficient (Wildman–Crippen LogP) is 1.61. The molecule has 4 heteroatoms. The minimum absolute atomic E-state index is 0.621. The number of carbonyl (C=O) groups excluding carboxylic acids is 1. The summed E-state index contributed by atoms with van der Waals surface area (Å²) >= 11 is 0. The monoisotopic (exact) mass is 235 g/mol. The second kappa shape index (κ2) is 5.08. The Bertz CT molecular complexity index is 417. The van der Waals surface area contributed by atoms with Crippen molar-refractivity contribution < 1.29 is 14.3 Å². The second-order valence-corrected chi connectivity index (χ2v) is 4.03. The molecule has 0 unspecified atom stereocenters. The van der Waals surface area contributed by atoms with Crippen LogP contribution in [0.2, 0.25) is 0 Å². The number of methoxy groups -OCH3 is 1. The minimum atomic E-state index is 0.621. The van der Waals surface area contributed by atoms with Crippen LogP contribution in [0.4, 0.5) is 0 Å². The highest BCUT2D eigenvalue weighted by Gasteiger charge is 2.18. The first-order chi connectivity index (χ1) is 8.28. The first-order valence-corrected chi connectivity index (χ1v) is 5.80. The third kappa shape index (κ3) is 2.35. The SMILES string of the molecule is CCOc1cc2c(cc1OC)CN(C=O)CC2. The Balaban J connectivity index is 2.33. The van der Waals surface area contributed by atoms with E-state index in [0.29, 0.717) is 13.2 Å². The summed E-state index contributed by atoms with van der Waals surface area (Å²) in [6, 6.07) is 4.00. The summed E-state index contributed by atoms with van der Waals surface area (Å²) in [5, 5.41) is 0. The predicted molar refractivity (Wildman–Crippen MR) is 64.3 cm³/mol. The molecule has 0 aromatic heterocycles. The van der Waals surface area contributed by atoms with E-state index in [9.17, 15) is 4.79 Å². The molecular weight excluding hydrogens is 218 g/mol. The van der Waals surface area contributed by atoms with E-state index in [-0.39, 0.29) is 0 Å². The summed E-state index contributed by atoms with van der Waals surface area (Å²) in [6.45, 7) is 4.00. The zero-order valence-electron chi connectivity index (χ0n) is 10.2. The Kier molecular flexibility index (Phi) is 3.52. The highest BCUT2D eigenvalue weighted by Crippen LogP contribution is 2.33. The van der Waals surface area contributed by atoms with Crippen LogP contribution in [0.25, 0.3) is 0 Å². The van der Waals surface area contributed by atoms with Gasteiger partial charge in [0.25, 0.3) is 0 Å². The van der Waals surface area contributed by atoms with Gasteiger partial charge in [-0.1, -0.05) is 0 Å². The lowest BCUT2D eigenvalue weighted by atomic mass is 9.99. The summed E-state index contributed by atoms with van der Waals surface area (Å²) in [6.07, 6.45) is 1.77. The molecule has 0 saturated carbocycles. The molecule has 2 rings (SSSR count). The van der Waals surface area contributed by atoms with Gasteiger partial charge >= 0.3 is 0 Å². The van der Waals surface area contributed by atoms with Crippen LogP contribution in [0, 0.1) is 0 Å². The van der Waals surface area contributed by atoms with Crippen LogP contribution in [-0.2, 0) is 17.8 Å². The molecular formula is C13H17NO3. The van der Waals surface area contributed by atoms with Crippen molar-refractivity contribution in [2.75, 3.05) is 20.3 Å². The van der Waals surface area contributed by atoms with E-state index < -0.39 is 0 Å². The van der Waals surface area contributed by atoms with Gasteiger partial charge in [-0.15, -0.1) is 0 Å².